The van der Waals surface area contributed by atoms with Crippen LogP contribution >= 0.6 is 39.1 Å². The van der Waals surface area contributed by atoms with Gasteiger partial charge in [0.25, 0.3) is 0 Å². The average molecular weight is 373 g/mol. The highest BCUT2D eigenvalue weighted by atomic mass is 79.9. The van der Waals surface area contributed by atoms with Gasteiger partial charge in [-0.25, -0.2) is 9.97 Å². The van der Waals surface area contributed by atoms with Crippen LogP contribution in [0.25, 0.3) is 11.4 Å². The number of rotatable bonds is 3. The van der Waals surface area contributed by atoms with Crippen molar-refractivity contribution in [2.75, 3.05) is 12.4 Å². The Morgan fingerprint density at radius 3 is 2.60 bits per heavy atom. The van der Waals surface area contributed by atoms with Gasteiger partial charge >= 0.3 is 0 Å². The van der Waals surface area contributed by atoms with E-state index in [0.29, 0.717) is 21.8 Å². The number of nitrogens with zero attached hydrogens (tertiary/aromatic N) is 2. The lowest BCUT2D eigenvalue weighted by Gasteiger charge is -2.11. The molecular formula is C14H12BrCl2N3. The lowest BCUT2D eigenvalue weighted by molar-refractivity contribution is 0.980. The molecule has 0 radical (unpaired) electrons. The Morgan fingerprint density at radius 2 is 2.00 bits per heavy atom. The van der Waals surface area contributed by atoms with Crippen LogP contribution in [0.3, 0.4) is 0 Å². The van der Waals surface area contributed by atoms with Crippen LogP contribution in [0.4, 0.5) is 5.82 Å². The zero-order valence-electron chi connectivity index (χ0n) is 10.8. The maximum absolute atomic E-state index is 6.25. The van der Waals surface area contributed by atoms with E-state index in [9.17, 15) is 0 Å². The van der Waals surface area contributed by atoms with Crippen LogP contribution in [-0.2, 0) is 0 Å². The first kappa shape index (κ1) is 14.1. The number of halogens is 3. The van der Waals surface area contributed by atoms with Crippen molar-refractivity contribution >= 4 is 44.9 Å². The topological polar surface area (TPSA) is 37.8 Å². The number of aromatic nitrogens is 2. The Morgan fingerprint density at radius 1 is 1.25 bits per heavy atom. The van der Waals surface area contributed by atoms with Gasteiger partial charge in [-0.3, -0.25) is 0 Å². The molecule has 104 valence electrons. The second-order valence-corrected chi connectivity index (χ2v) is 6.38. The molecule has 0 saturated heterocycles. The summed E-state index contributed by atoms with van der Waals surface area (Å²) < 4.78 is 0.941. The summed E-state index contributed by atoms with van der Waals surface area (Å²) in [6.45, 7) is 0. The number of nitrogens with one attached hydrogen (secondary N) is 1. The molecule has 1 aromatic carbocycles. The minimum Gasteiger partial charge on any atom is -0.372 e. The third kappa shape index (κ3) is 2.65. The van der Waals surface area contributed by atoms with Gasteiger partial charge in [-0.15, -0.1) is 0 Å². The fourth-order valence-electron chi connectivity index (χ4n) is 2.05. The summed E-state index contributed by atoms with van der Waals surface area (Å²) in [5.41, 5.74) is 1.84. The molecule has 3 nitrogen and oxygen atoms in total. The molecule has 0 aliphatic heterocycles. The maximum Gasteiger partial charge on any atom is 0.163 e. The van der Waals surface area contributed by atoms with Crippen molar-refractivity contribution in [2.45, 2.75) is 18.8 Å². The predicted octanol–water partition coefficient (Wildman–Crippen LogP) is 5.13. The normalized spacial score (nSPS) is 14.4. The first-order valence-corrected chi connectivity index (χ1v) is 7.85. The van der Waals surface area contributed by atoms with Crippen LogP contribution in [0.2, 0.25) is 10.0 Å². The summed E-state index contributed by atoms with van der Waals surface area (Å²) in [4.78, 5) is 9.20. The molecule has 3 rings (SSSR count). The van der Waals surface area contributed by atoms with E-state index < -0.39 is 0 Å². The minimum atomic E-state index is 0.518. The first-order valence-electron chi connectivity index (χ1n) is 6.30. The van der Waals surface area contributed by atoms with Gasteiger partial charge in [0.1, 0.15) is 5.82 Å². The molecule has 0 unspecified atom stereocenters. The van der Waals surface area contributed by atoms with E-state index in [1.165, 1.54) is 12.8 Å². The number of anilines is 1. The molecule has 1 heterocycles. The van der Waals surface area contributed by atoms with Crippen LogP contribution in [-0.4, -0.2) is 17.0 Å². The highest BCUT2D eigenvalue weighted by molar-refractivity contribution is 9.10. The average Bonchev–Trinajstić information content (AvgIpc) is 3.24. The summed E-state index contributed by atoms with van der Waals surface area (Å²) in [6.07, 6.45) is 2.35. The highest BCUT2D eigenvalue weighted by Gasteiger charge is 2.29. The van der Waals surface area contributed by atoms with Crippen molar-refractivity contribution in [1.82, 2.24) is 9.97 Å². The largest absolute Gasteiger partial charge is 0.372 e. The van der Waals surface area contributed by atoms with Crippen molar-refractivity contribution in [3.8, 4) is 11.4 Å². The second-order valence-electron chi connectivity index (χ2n) is 4.74. The lowest BCUT2D eigenvalue weighted by atomic mass is 10.2. The molecule has 1 saturated carbocycles. The fourth-order valence-corrected chi connectivity index (χ4v) is 3.24. The zero-order chi connectivity index (χ0) is 14.3. The monoisotopic (exact) mass is 371 g/mol. The van der Waals surface area contributed by atoms with Gasteiger partial charge in [0.15, 0.2) is 5.82 Å². The van der Waals surface area contributed by atoms with Gasteiger partial charge < -0.3 is 5.32 Å². The summed E-state index contributed by atoms with van der Waals surface area (Å²) >= 11 is 15.8. The molecule has 20 heavy (non-hydrogen) atoms. The van der Waals surface area contributed by atoms with Crippen LogP contribution in [0.5, 0.6) is 0 Å². The molecule has 1 aromatic heterocycles. The zero-order valence-corrected chi connectivity index (χ0v) is 13.8. The Labute approximate surface area is 135 Å². The molecule has 1 aliphatic carbocycles. The molecule has 1 N–H and O–H groups in total. The van der Waals surface area contributed by atoms with Gasteiger partial charge in [-0.1, -0.05) is 23.2 Å². The highest BCUT2D eigenvalue weighted by Crippen LogP contribution is 2.44. The van der Waals surface area contributed by atoms with Gasteiger partial charge in [-0.05, 0) is 47.0 Å². The minimum absolute atomic E-state index is 0.518. The van der Waals surface area contributed by atoms with E-state index in [1.807, 2.05) is 13.1 Å². The van der Waals surface area contributed by atoms with Crippen LogP contribution in [0, 0.1) is 0 Å². The van der Waals surface area contributed by atoms with Crippen molar-refractivity contribution in [2.24, 2.45) is 0 Å². The SMILES string of the molecule is CNc1nc(-c2ccc(Cl)cc2Cl)nc(C2CC2)c1Br. The van der Waals surface area contributed by atoms with Crippen molar-refractivity contribution in [3.63, 3.8) is 0 Å². The van der Waals surface area contributed by atoms with Crippen molar-refractivity contribution in [3.05, 3.63) is 38.4 Å². The van der Waals surface area contributed by atoms with E-state index in [-0.39, 0.29) is 0 Å². The van der Waals surface area contributed by atoms with E-state index in [0.717, 1.165) is 21.5 Å². The van der Waals surface area contributed by atoms with Crippen LogP contribution in [0.15, 0.2) is 22.7 Å². The molecule has 0 atom stereocenters. The molecule has 0 spiro atoms. The van der Waals surface area contributed by atoms with Crippen molar-refractivity contribution < 1.29 is 0 Å². The van der Waals surface area contributed by atoms with E-state index in [1.54, 1.807) is 12.1 Å². The first-order chi connectivity index (χ1) is 9.60. The Balaban J connectivity index is 2.15. The molecule has 2 aromatic rings. The quantitative estimate of drug-likeness (QED) is 0.811. The summed E-state index contributed by atoms with van der Waals surface area (Å²) in [5.74, 6) is 1.92. The molecular weight excluding hydrogens is 361 g/mol. The second kappa shape index (κ2) is 5.51. The van der Waals surface area contributed by atoms with Gasteiger partial charge in [-0.2, -0.15) is 0 Å². The molecule has 1 fully saturated rings. The molecule has 6 heteroatoms. The number of hydrogen-bond acceptors (Lipinski definition) is 3. The van der Waals surface area contributed by atoms with Gasteiger partial charge in [0.2, 0.25) is 0 Å². The fraction of sp³-hybridized carbons (Fsp3) is 0.286. The Bertz CT molecular complexity index is 672. The lowest BCUT2D eigenvalue weighted by Crippen LogP contribution is -2.02. The standard InChI is InChI=1S/C14H12BrCl2N3/c1-18-14-11(15)12(7-2-3-7)19-13(20-14)9-5-4-8(16)6-10(9)17/h4-7H,2-3H2,1H3,(H,18,19,20). The smallest absolute Gasteiger partial charge is 0.163 e. The molecule has 1 aliphatic rings. The van der Waals surface area contributed by atoms with Crippen LogP contribution < -0.4 is 5.32 Å². The third-order valence-corrected chi connectivity index (χ3v) is 4.58. The Kier molecular flexibility index (Phi) is 3.89. The van der Waals surface area contributed by atoms with E-state index in [2.05, 4.69) is 31.2 Å². The van der Waals surface area contributed by atoms with Gasteiger partial charge in [0, 0.05) is 23.6 Å². The summed E-state index contributed by atoms with van der Waals surface area (Å²) in [5, 5.41) is 4.25. The van der Waals surface area contributed by atoms with E-state index in [4.69, 9.17) is 23.2 Å². The molecule has 0 amide bonds. The molecule has 0 bridgehead atoms. The van der Waals surface area contributed by atoms with E-state index >= 15 is 0 Å². The maximum atomic E-state index is 6.25. The summed E-state index contributed by atoms with van der Waals surface area (Å²) in [7, 11) is 1.84. The van der Waals surface area contributed by atoms with Crippen LogP contribution in [0.1, 0.15) is 24.5 Å². The number of hydrogen-bond donors (Lipinski definition) is 1. The Hall–Kier alpha value is -0.840. The number of benzene rings is 1. The predicted molar refractivity (Wildman–Crippen MR) is 86.7 cm³/mol. The van der Waals surface area contributed by atoms with Gasteiger partial charge in [0.05, 0.1) is 15.2 Å². The van der Waals surface area contributed by atoms with Crippen molar-refractivity contribution in [1.29, 1.82) is 0 Å². The third-order valence-electron chi connectivity index (χ3n) is 3.25. The summed E-state index contributed by atoms with van der Waals surface area (Å²) in [6, 6.07) is 5.35.